The van der Waals surface area contributed by atoms with Gasteiger partial charge in [-0.05, 0) is 32.6 Å². The molecule has 0 spiro atoms. The Labute approximate surface area is 100 Å². The summed E-state index contributed by atoms with van der Waals surface area (Å²) < 4.78 is 23.2. The van der Waals surface area contributed by atoms with Crippen LogP contribution >= 0.6 is 7.60 Å². The Kier molecular flexibility index (Phi) is 3.58. The van der Waals surface area contributed by atoms with Gasteiger partial charge < -0.3 is 14.2 Å². The van der Waals surface area contributed by atoms with E-state index in [2.05, 4.69) is 11.8 Å². The van der Waals surface area contributed by atoms with Gasteiger partial charge >= 0.3 is 13.6 Å². The van der Waals surface area contributed by atoms with E-state index in [1.165, 1.54) is 6.92 Å². The van der Waals surface area contributed by atoms with E-state index in [9.17, 15) is 9.36 Å². The molecule has 2 saturated carbocycles. The summed E-state index contributed by atoms with van der Waals surface area (Å²) in [6.45, 7) is 1.51. The SMILES string of the molecule is CC#CC(C(=O)O)P(=O)(OC1CC1)OC1CC1. The lowest BCUT2D eigenvalue weighted by Gasteiger charge is -2.20. The Balaban J connectivity index is 2.16. The first-order valence-corrected chi connectivity index (χ1v) is 7.28. The predicted molar refractivity (Wildman–Crippen MR) is 60.7 cm³/mol. The van der Waals surface area contributed by atoms with Crippen molar-refractivity contribution in [1.82, 2.24) is 0 Å². The van der Waals surface area contributed by atoms with Crippen LogP contribution in [0.25, 0.3) is 0 Å². The third kappa shape index (κ3) is 3.32. The fourth-order valence-corrected chi connectivity index (χ4v) is 3.43. The van der Waals surface area contributed by atoms with E-state index in [0.29, 0.717) is 0 Å². The Morgan fingerprint density at radius 1 is 1.29 bits per heavy atom. The van der Waals surface area contributed by atoms with Crippen LogP contribution in [0.1, 0.15) is 32.6 Å². The molecule has 94 valence electrons. The van der Waals surface area contributed by atoms with Crippen LogP contribution in [-0.4, -0.2) is 28.9 Å². The van der Waals surface area contributed by atoms with Crippen molar-refractivity contribution in [2.24, 2.45) is 0 Å². The van der Waals surface area contributed by atoms with Crippen LogP contribution in [0.3, 0.4) is 0 Å². The molecule has 1 unspecified atom stereocenters. The molecule has 17 heavy (non-hydrogen) atoms. The molecular formula is C11H15O5P. The van der Waals surface area contributed by atoms with Crippen LogP contribution in [0.5, 0.6) is 0 Å². The van der Waals surface area contributed by atoms with Crippen molar-refractivity contribution < 1.29 is 23.5 Å². The Morgan fingerprint density at radius 2 is 1.76 bits per heavy atom. The standard InChI is InChI=1S/C11H15O5P/c1-2-3-10(11(12)13)17(14,15-8-4-5-8)16-9-6-7-9/h8-10H,4-7H2,1H3,(H,12,13). The molecule has 0 amide bonds. The van der Waals surface area contributed by atoms with E-state index in [1.54, 1.807) is 0 Å². The molecule has 0 heterocycles. The van der Waals surface area contributed by atoms with Crippen LogP contribution in [0.2, 0.25) is 0 Å². The van der Waals surface area contributed by atoms with Crippen LogP contribution in [0.15, 0.2) is 0 Å². The molecule has 0 saturated heterocycles. The maximum absolute atomic E-state index is 12.5. The van der Waals surface area contributed by atoms with Gasteiger partial charge in [0.1, 0.15) is 0 Å². The number of hydrogen-bond donors (Lipinski definition) is 1. The molecule has 0 aromatic heterocycles. The molecule has 2 rings (SSSR count). The van der Waals surface area contributed by atoms with Gasteiger partial charge in [0.2, 0.25) is 5.66 Å². The van der Waals surface area contributed by atoms with Gasteiger partial charge in [-0.25, -0.2) is 0 Å². The van der Waals surface area contributed by atoms with Crippen molar-refractivity contribution in [2.75, 3.05) is 0 Å². The van der Waals surface area contributed by atoms with Gasteiger partial charge in [-0.1, -0.05) is 5.92 Å². The second kappa shape index (κ2) is 4.81. The molecule has 1 atom stereocenters. The van der Waals surface area contributed by atoms with Crippen molar-refractivity contribution in [3.63, 3.8) is 0 Å². The summed E-state index contributed by atoms with van der Waals surface area (Å²) in [5.41, 5.74) is -1.37. The lowest BCUT2D eigenvalue weighted by atomic mass is 10.4. The molecule has 0 radical (unpaired) electrons. The van der Waals surface area contributed by atoms with Gasteiger partial charge in [-0.3, -0.25) is 9.36 Å². The number of rotatable bonds is 6. The zero-order valence-electron chi connectivity index (χ0n) is 9.59. The maximum atomic E-state index is 12.5. The normalized spacial score (nSPS) is 21.5. The summed E-state index contributed by atoms with van der Waals surface area (Å²) in [7, 11) is -3.66. The maximum Gasteiger partial charge on any atom is 0.357 e. The van der Waals surface area contributed by atoms with E-state index in [-0.39, 0.29) is 12.2 Å². The van der Waals surface area contributed by atoms with Crippen LogP contribution in [-0.2, 0) is 18.4 Å². The summed E-state index contributed by atoms with van der Waals surface area (Å²) >= 11 is 0. The van der Waals surface area contributed by atoms with Gasteiger partial charge in [0.15, 0.2) is 0 Å². The molecule has 0 aromatic carbocycles. The second-order valence-corrected chi connectivity index (χ2v) is 6.30. The van der Waals surface area contributed by atoms with Gasteiger partial charge in [0.25, 0.3) is 0 Å². The first kappa shape index (κ1) is 12.6. The van der Waals surface area contributed by atoms with E-state index < -0.39 is 19.2 Å². The Morgan fingerprint density at radius 3 is 2.06 bits per heavy atom. The highest BCUT2D eigenvalue weighted by molar-refractivity contribution is 7.56. The monoisotopic (exact) mass is 258 g/mol. The highest BCUT2D eigenvalue weighted by Gasteiger charge is 2.47. The highest BCUT2D eigenvalue weighted by Crippen LogP contribution is 2.59. The summed E-state index contributed by atoms with van der Waals surface area (Å²) in [5, 5.41) is 9.07. The van der Waals surface area contributed by atoms with Gasteiger partial charge in [0.05, 0.1) is 12.2 Å². The molecule has 2 aliphatic carbocycles. The predicted octanol–water partition coefficient (Wildman–Crippen LogP) is 2.01. The van der Waals surface area contributed by atoms with E-state index in [0.717, 1.165) is 25.7 Å². The minimum Gasteiger partial charge on any atom is -0.480 e. The lowest BCUT2D eigenvalue weighted by molar-refractivity contribution is -0.135. The summed E-state index contributed by atoms with van der Waals surface area (Å²) in [4.78, 5) is 11.1. The van der Waals surface area contributed by atoms with Gasteiger partial charge in [-0.2, -0.15) is 0 Å². The molecule has 5 nitrogen and oxygen atoms in total. The molecule has 6 heteroatoms. The minimum absolute atomic E-state index is 0.125. The molecule has 0 aromatic rings. The topological polar surface area (TPSA) is 72.8 Å². The first-order chi connectivity index (χ1) is 8.05. The van der Waals surface area contributed by atoms with E-state index >= 15 is 0 Å². The highest BCUT2D eigenvalue weighted by atomic mass is 31.2. The molecular weight excluding hydrogens is 243 g/mol. The fourth-order valence-electron chi connectivity index (χ4n) is 1.32. The number of aliphatic carboxylic acids is 1. The van der Waals surface area contributed by atoms with Gasteiger partial charge in [-0.15, -0.1) is 5.92 Å². The van der Waals surface area contributed by atoms with Crippen molar-refractivity contribution in [1.29, 1.82) is 0 Å². The third-order valence-corrected chi connectivity index (χ3v) is 4.64. The smallest absolute Gasteiger partial charge is 0.357 e. The summed E-state index contributed by atoms with van der Waals surface area (Å²) in [5.74, 6) is 3.66. The molecule has 0 bridgehead atoms. The zero-order chi connectivity index (χ0) is 12.5. The van der Waals surface area contributed by atoms with Crippen molar-refractivity contribution in [2.45, 2.75) is 50.5 Å². The Bertz CT molecular complexity index is 395. The summed E-state index contributed by atoms with van der Waals surface area (Å²) in [6.07, 6.45) is 2.99. The molecule has 2 fully saturated rings. The molecule has 1 N–H and O–H groups in total. The third-order valence-electron chi connectivity index (χ3n) is 2.47. The van der Waals surface area contributed by atoms with E-state index in [1.807, 2.05) is 0 Å². The fraction of sp³-hybridized carbons (Fsp3) is 0.727. The lowest BCUT2D eigenvalue weighted by Crippen LogP contribution is -2.22. The molecule has 0 aliphatic heterocycles. The largest absolute Gasteiger partial charge is 0.480 e. The van der Waals surface area contributed by atoms with Gasteiger partial charge in [0, 0.05) is 0 Å². The zero-order valence-corrected chi connectivity index (χ0v) is 10.5. The Hall–Kier alpha value is -0.820. The average molecular weight is 258 g/mol. The number of carboxylic acids is 1. The second-order valence-electron chi connectivity index (χ2n) is 4.28. The first-order valence-electron chi connectivity index (χ1n) is 5.67. The number of carboxylic acid groups (broad SMARTS) is 1. The minimum atomic E-state index is -3.66. The van der Waals surface area contributed by atoms with Crippen LogP contribution < -0.4 is 0 Å². The summed E-state index contributed by atoms with van der Waals surface area (Å²) in [6, 6.07) is 0. The van der Waals surface area contributed by atoms with E-state index in [4.69, 9.17) is 14.2 Å². The molecule has 2 aliphatic rings. The number of carbonyl (C=O) groups is 1. The van der Waals surface area contributed by atoms with Crippen molar-refractivity contribution >= 4 is 13.6 Å². The quantitative estimate of drug-likeness (QED) is 0.582. The van der Waals surface area contributed by atoms with Crippen molar-refractivity contribution in [3.8, 4) is 11.8 Å². The number of hydrogen-bond acceptors (Lipinski definition) is 4. The average Bonchev–Trinajstić information content (AvgIpc) is 3.10. The van der Waals surface area contributed by atoms with Crippen LogP contribution in [0.4, 0.5) is 0 Å². The van der Waals surface area contributed by atoms with Crippen LogP contribution in [0, 0.1) is 11.8 Å². The van der Waals surface area contributed by atoms with Crippen molar-refractivity contribution in [3.05, 3.63) is 0 Å².